The molecule has 0 aliphatic heterocycles. The van der Waals surface area contributed by atoms with Crippen LogP contribution < -0.4 is 20.5 Å². The average Bonchev–Trinajstić information content (AvgIpc) is 2.28. The number of carbonyl (C=O) groups is 1. The summed E-state index contributed by atoms with van der Waals surface area (Å²) in [4.78, 5) is 11.1. The lowest BCUT2D eigenvalue weighted by Gasteiger charge is -2.10. The summed E-state index contributed by atoms with van der Waals surface area (Å²) in [6.45, 7) is -0.0691. The van der Waals surface area contributed by atoms with Crippen LogP contribution in [-0.2, 0) is 4.79 Å². The molecule has 0 atom stereocenters. The molecule has 0 unspecified atom stereocenters. The van der Waals surface area contributed by atoms with Gasteiger partial charge in [0.15, 0.2) is 0 Å². The molecule has 1 aromatic carbocycles. The van der Waals surface area contributed by atoms with E-state index < -0.39 is 0 Å². The van der Waals surface area contributed by atoms with Gasteiger partial charge in [0.05, 0.1) is 26.5 Å². The fourth-order valence-electron chi connectivity index (χ4n) is 1.11. The van der Waals surface area contributed by atoms with Crippen LogP contribution >= 0.6 is 0 Å². The minimum Gasteiger partial charge on any atom is -0.497 e. The second-order valence-corrected chi connectivity index (χ2v) is 2.82. The molecule has 0 aromatic heterocycles. The first-order chi connectivity index (χ1) is 7.21. The third-order valence-electron chi connectivity index (χ3n) is 1.87. The van der Waals surface area contributed by atoms with E-state index >= 15 is 0 Å². The van der Waals surface area contributed by atoms with Gasteiger partial charge in [0.25, 0.3) is 0 Å². The maximum Gasteiger partial charge on any atom is 0.238 e. The van der Waals surface area contributed by atoms with E-state index in [-0.39, 0.29) is 12.5 Å². The van der Waals surface area contributed by atoms with Crippen molar-refractivity contribution in [2.75, 3.05) is 26.1 Å². The molecule has 0 saturated heterocycles. The molecule has 1 rings (SSSR count). The van der Waals surface area contributed by atoms with Crippen LogP contribution in [0.3, 0.4) is 0 Å². The molecular formula is C10H14N2O3. The molecule has 0 aliphatic carbocycles. The summed E-state index contributed by atoms with van der Waals surface area (Å²) >= 11 is 0. The fraction of sp³-hybridized carbons (Fsp3) is 0.300. The maximum absolute atomic E-state index is 11.1. The van der Waals surface area contributed by atoms with E-state index in [9.17, 15) is 4.79 Å². The van der Waals surface area contributed by atoms with Crippen LogP contribution in [0, 0.1) is 0 Å². The molecule has 82 valence electrons. The maximum atomic E-state index is 11.1. The van der Waals surface area contributed by atoms with Gasteiger partial charge in [-0.2, -0.15) is 0 Å². The second-order valence-electron chi connectivity index (χ2n) is 2.82. The molecule has 0 aliphatic rings. The molecular weight excluding hydrogens is 196 g/mol. The summed E-state index contributed by atoms with van der Waals surface area (Å²) in [5.41, 5.74) is 5.75. The Morgan fingerprint density at radius 1 is 1.40 bits per heavy atom. The van der Waals surface area contributed by atoms with Gasteiger partial charge in [0, 0.05) is 6.07 Å². The van der Waals surface area contributed by atoms with E-state index in [0.29, 0.717) is 17.2 Å². The number of anilines is 1. The summed E-state index contributed by atoms with van der Waals surface area (Å²) in [6, 6.07) is 5.13. The van der Waals surface area contributed by atoms with Crippen LogP contribution in [0.4, 0.5) is 5.69 Å². The summed E-state index contributed by atoms with van der Waals surface area (Å²) in [6.07, 6.45) is 0. The number of hydrogen-bond donors (Lipinski definition) is 2. The van der Waals surface area contributed by atoms with Gasteiger partial charge >= 0.3 is 0 Å². The van der Waals surface area contributed by atoms with Gasteiger partial charge in [-0.05, 0) is 12.1 Å². The Balaban J connectivity index is 2.95. The van der Waals surface area contributed by atoms with E-state index in [2.05, 4.69) is 5.32 Å². The second kappa shape index (κ2) is 5.21. The highest BCUT2D eigenvalue weighted by atomic mass is 16.5. The zero-order valence-corrected chi connectivity index (χ0v) is 8.74. The van der Waals surface area contributed by atoms with Gasteiger partial charge in [-0.25, -0.2) is 0 Å². The minimum absolute atomic E-state index is 0.0691. The summed E-state index contributed by atoms with van der Waals surface area (Å²) in [7, 11) is 3.08. The number of carbonyl (C=O) groups excluding carboxylic acids is 1. The van der Waals surface area contributed by atoms with Crippen LogP contribution in [0.2, 0.25) is 0 Å². The number of nitrogens with one attached hydrogen (secondary N) is 1. The Kier molecular flexibility index (Phi) is 3.93. The predicted molar refractivity (Wildman–Crippen MR) is 57.2 cm³/mol. The van der Waals surface area contributed by atoms with Gasteiger partial charge in [0.2, 0.25) is 5.91 Å². The Morgan fingerprint density at radius 3 is 2.67 bits per heavy atom. The highest BCUT2D eigenvalue weighted by Gasteiger charge is 2.07. The molecule has 0 bridgehead atoms. The number of ether oxygens (including phenoxy) is 2. The molecule has 0 fully saturated rings. The molecule has 0 radical (unpaired) electrons. The van der Waals surface area contributed by atoms with Crippen LogP contribution in [-0.4, -0.2) is 26.7 Å². The van der Waals surface area contributed by atoms with Crippen molar-refractivity contribution in [3.63, 3.8) is 0 Å². The van der Waals surface area contributed by atoms with Gasteiger partial charge in [-0.1, -0.05) is 0 Å². The molecule has 3 N–H and O–H groups in total. The molecule has 1 amide bonds. The zero-order chi connectivity index (χ0) is 11.3. The number of amides is 1. The first kappa shape index (κ1) is 11.3. The van der Waals surface area contributed by atoms with Crippen LogP contribution in [0.5, 0.6) is 11.5 Å². The van der Waals surface area contributed by atoms with Crippen molar-refractivity contribution >= 4 is 11.6 Å². The molecule has 5 heteroatoms. The number of nitrogens with two attached hydrogens (primary N) is 1. The number of methoxy groups -OCH3 is 2. The largest absolute Gasteiger partial charge is 0.497 e. The first-order valence-electron chi connectivity index (χ1n) is 4.43. The standard InChI is InChI=1S/C10H14N2O3/c1-14-7-3-4-9(15-2)8(5-7)12-10(13)6-11/h3-5H,6,11H2,1-2H3,(H,12,13). The predicted octanol–water partition coefficient (Wildman–Crippen LogP) is 0.601. The molecule has 5 nitrogen and oxygen atoms in total. The van der Waals surface area contributed by atoms with Crippen molar-refractivity contribution < 1.29 is 14.3 Å². The average molecular weight is 210 g/mol. The quantitative estimate of drug-likeness (QED) is 0.763. The lowest BCUT2D eigenvalue weighted by molar-refractivity contribution is -0.114. The molecule has 1 aromatic rings. The number of benzene rings is 1. The van der Waals surface area contributed by atoms with E-state index in [1.165, 1.54) is 7.11 Å². The smallest absolute Gasteiger partial charge is 0.238 e. The van der Waals surface area contributed by atoms with Gasteiger partial charge < -0.3 is 20.5 Å². The lowest BCUT2D eigenvalue weighted by Crippen LogP contribution is -2.22. The summed E-state index contributed by atoms with van der Waals surface area (Å²) in [5.74, 6) is 0.933. The van der Waals surface area contributed by atoms with Gasteiger partial charge in [0.1, 0.15) is 11.5 Å². The van der Waals surface area contributed by atoms with Crippen molar-refractivity contribution in [2.45, 2.75) is 0 Å². The Morgan fingerprint density at radius 2 is 2.13 bits per heavy atom. The van der Waals surface area contributed by atoms with Gasteiger partial charge in [-0.3, -0.25) is 4.79 Å². The Bertz CT molecular complexity index is 353. The van der Waals surface area contributed by atoms with E-state index in [4.69, 9.17) is 15.2 Å². The van der Waals surface area contributed by atoms with Gasteiger partial charge in [-0.15, -0.1) is 0 Å². The first-order valence-corrected chi connectivity index (χ1v) is 4.43. The van der Waals surface area contributed by atoms with Crippen molar-refractivity contribution in [1.29, 1.82) is 0 Å². The fourth-order valence-corrected chi connectivity index (χ4v) is 1.11. The van der Waals surface area contributed by atoms with Crippen LogP contribution in [0.1, 0.15) is 0 Å². The molecule has 0 spiro atoms. The van der Waals surface area contributed by atoms with Crippen LogP contribution in [0.15, 0.2) is 18.2 Å². The third-order valence-corrected chi connectivity index (χ3v) is 1.87. The van der Waals surface area contributed by atoms with Crippen LogP contribution in [0.25, 0.3) is 0 Å². The van der Waals surface area contributed by atoms with Crippen molar-refractivity contribution in [1.82, 2.24) is 0 Å². The molecule has 0 saturated carbocycles. The molecule has 0 heterocycles. The van der Waals surface area contributed by atoms with E-state index in [0.717, 1.165) is 0 Å². The number of hydrogen-bond acceptors (Lipinski definition) is 4. The lowest BCUT2D eigenvalue weighted by atomic mass is 10.2. The Labute approximate surface area is 88.2 Å². The number of rotatable bonds is 4. The van der Waals surface area contributed by atoms with Crippen molar-refractivity contribution in [3.8, 4) is 11.5 Å². The Hall–Kier alpha value is -1.75. The highest BCUT2D eigenvalue weighted by molar-refractivity contribution is 5.93. The topological polar surface area (TPSA) is 73.6 Å². The van der Waals surface area contributed by atoms with E-state index in [1.807, 2.05) is 0 Å². The highest BCUT2D eigenvalue weighted by Crippen LogP contribution is 2.28. The third kappa shape index (κ3) is 2.85. The zero-order valence-electron chi connectivity index (χ0n) is 8.74. The van der Waals surface area contributed by atoms with E-state index in [1.54, 1.807) is 25.3 Å². The SMILES string of the molecule is COc1ccc(OC)c(NC(=O)CN)c1. The molecule has 15 heavy (non-hydrogen) atoms. The summed E-state index contributed by atoms with van der Waals surface area (Å²) < 4.78 is 10.1. The monoisotopic (exact) mass is 210 g/mol. The normalized spacial score (nSPS) is 9.53. The summed E-state index contributed by atoms with van der Waals surface area (Å²) in [5, 5.41) is 2.62. The van der Waals surface area contributed by atoms with Crippen molar-refractivity contribution in [2.24, 2.45) is 5.73 Å². The van der Waals surface area contributed by atoms with Crippen molar-refractivity contribution in [3.05, 3.63) is 18.2 Å². The minimum atomic E-state index is -0.276.